The lowest BCUT2D eigenvalue weighted by atomic mass is 10.4. The van der Waals surface area contributed by atoms with E-state index in [0.29, 0.717) is 18.3 Å². The van der Waals surface area contributed by atoms with Gasteiger partial charge in [0, 0.05) is 24.5 Å². The summed E-state index contributed by atoms with van der Waals surface area (Å²) in [5, 5.41) is 3.20. The molecule has 2 nitrogen and oxygen atoms in total. The zero-order valence-corrected chi connectivity index (χ0v) is 7.21. The van der Waals surface area contributed by atoms with Gasteiger partial charge in [-0.15, -0.1) is 0 Å². The van der Waals surface area contributed by atoms with E-state index in [-0.39, 0.29) is 0 Å². The monoisotopic (exact) mass is 186 g/mol. The van der Waals surface area contributed by atoms with E-state index in [0.717, 1.165) is 4.57 Å². The molecule has 0 atom stereocenters. The standard InChI is InChI=1S/C9H12F2N2/c10-9(11)13-5-1-2-8(13)6-12-7-3-4-7/h1-2,5,7,9,12H,3-4,6H2. The van der Waals surface area contributed by atoms with Gasteiger partial charge in [-0.1, -0.05) is 0 Å². The molecule has 1 fully saturated rings. The van der Waals surface area contributed by atoms with Gasteiger partial charge in [0.25, 0.3) is 0 Å². The van der Waals surface area contributed by atoms with Crippen LogP contribution in [0.2, 0.25) is 0 Å². The fourth-order valence-electron chi connectivity index (χ4n) is 1.31. The van der Waals surface area contributed by atoms with Crippen molar-refractivity contribution in [1.82, 2.24) is 9.88 Å². The molecule has 72 valence electrons. The summed E-state index contributed by atoms with van der Waals surface area (Å²) in [5.74, 6) is 0. The van der Waals surface area contributed by atoms with E-state index >= 15 is 0 Å². The Bertz CT molecular complexity index is 279. The van der Waals surface area contributed by atoms with Gasteiger partial charge in [0.1, 0.15) is 0 Å². The first-order valence-corrected chi connectivity index (χ1v) is 4.44. The predicted molar refractivity (Wildman–Crippen MR) is 45.5 cm³/mol. The molecule has 0 amide bonds. The molecule has 13 heavy (non-hydrogen) atoms. The number of alkyl halides is 2. The van der Waals surface area contributed by atoms with Crippen LogP contribution in [0.5, 0.6) is 0 Å². The third-order valence-corrected chi connectivity index (χ3v) is 2.23. The zero-order chi connectivity index (χ0) is 9.26. The van der Waals surface area contributed by atoms with E-state index < -0.39 is 6.55 Å². The molecule has 1 saturated carbocycles. The third-order valence-electron chi connectivity index (χ3n) is 2.23. The Morgan fingerprint density at radius 3 is 2.92 bits per heavy atom. The molecular weight excluding hydrogens is 174 g/mol. The molecule has 2 rings (SSSR count). The summed E-state index contributed by atoms with van der Waals surface area (Å²) in [4.78, 5) is 0. The molecule has 0 aromatic carbocycles. The first-order valence-electron chi connectivity index (χ1n) is 4.44. The highest BCUT2D eigenvalue weighted by Gasteiger charge is 2.21. The molecule has 1 heterocycles. The van der Waals surface area contributed by atoms with Crippen LogP contribution in [0.15, 0.2) is 18.3 Å². The molecular formula is C9H12F2N2. The molecule has 0 radical (unpaired) electrons. The van der Waals surface area contributed by atoms with E-state index in [2.05, 4.69) is 5.32 Å². The van der Waals surface area contributed by atoms with E-state index in [4.69, 9.17) is 0 Å². The molecule has 1 aliphatic carbocycles. The minimum Gasteiger partial charge on any atom is -0.308 e. The van der Waals surface area contributed by atoms with E-state index in [1.165, 1.54) is 19.0 Å². The molecule has 0 saturated heterocycles. The largest absolute Gasteiger partial charge is 0.318 e. The van der Waals surface area contributed by atoms with Crippen LogP contribution < -0.4 is 5.32 Å². The summed E-state index contributed by atoms with van der Waals surface area (Å²) >= 11 is 0. The summed E-state index contributed by atoms with van der Waals surface area (Å²) in [5.41, 5.74) is 0.655. The fraction of sp³-hybridized carbons (Fsp3) is 0.556. The highest BCUT2D eigenvalue weighted by atomic mass is 19.3. The van der Waals surface area contributed by atoms with Crippen molar-refractivity contribution >= 4 is 0 Å². The van der Waals surface area contributed by atoms with Gasteiger partial charge in [0.2, 0.25) is 0 Å². The van der Waals surface area contributed by atoms with Gasteiger partial charge in [0.15, 0.2) is 0 Å². The average molecular weight is 186 g/mol. The first-order chi connectivity index (χ1) is 6.27. The van der Waals surface area contributed by atoms with Crippen molar-refractivity contribution in [3.8, 4) is 0 Å². The molecule has 0 aliphatic heterocycles. The SMILES string of the molecule is FC(F)n1cccc1CNC1CC1. The minimum absolute atomic E-state index is 0.544. The molecule has 0 unspecified atom stereocenters. The van der Waals surface area contributed by atoms with Crippen molar-refractivity contribution in [3.05, 3.63) is 24.0 Å². The molecule has 1 aliphatic rings. The Morgan fingerprint density at radius 2 is 2.31 bits per heavy atom. The normalized spacial score (nSPS) is 16.8. The molecule has 0 spiro atoms. The van der Waals surface area contributed by atoms with Crippen LogP contribution in [0.3, 0.4) is 0 Å². The quantitative estimate of drug-likeness (QED) is 0.762. The van der Waals surface area contributed by atoms with Crippen molar-refractivity contribution < 1.29 is 8.78 Å². The summed E-state index contributed by atoms with van der Waals surface area (Å²) < 4.78 is 25.7. The Hall–Kier alpha value is -0.900. The highest BCUT2D eigenvalue weighted by molar-refractivity contribution is 5.07. The van der Waals surface area contributed by atoms with Crippen LogP contribution in [0.4, 0.5) is 8.78 Å². The average Bonchev–Trinajstić information content (AvgIpc) is 2.79. The number of hydrogen-bond donors (Lipinski definition) is 1. The Morgan fingerprint density at radius 1 is 1.54 bits per heavy atom. The van der Waals surface area contributed by atoms with Gasteiger partial charge in [0.05, 0.1) is 0 Å². The van der Waals surface area contributed by atoms with Crippen molar-refractivity contribution in [2.24, 2.45) is 0 Å². The maximum absolute atomic E-state index is 12.3. The van der Waals surface area contributed by atoms with E-state index in [1.807, 2.05) is 0 Å². The van der Waals surface area contributed by atoms with E-state index in [1.54, 1.807) is 12.1 Å². The summed E-state index contributed by atoms with van der Waals surface area (Å²) in [6, 6.07) is 3.93. The number of nitrogens with one attached hydrogen (secondary N) is 1. The maximum Gasteiger partial charge on any atom is 0.318 e. The molecule has 0 bridgehead atoms. The van der Waals surface area contributed by atoms with Gasteiger partial charge in [-0.2, -0.15) is 8.78 Å². The Labute approximate surface area is 75.6 Å². The van der Waals surface area contributed by atoms with Crippen LogP contribution in [-0.2, 0) is 6.54 Å². The van der Waals surface area contributed by atoms with Gasteiger partial charge in [-0.05, 0) is 25.0 Å². The number of rotatable bonds is 4. The number of hydrogen-bond acceptors (Lipinski definition) is 1. The number of nitrogens with zero attached hydrogens (tertiary/aromatic N) is 1. The summed E-state index contributed by atoms with van der Waals surface area (Å²) in [7, 11) is 0. The van der Waals surface area contributed by atoms with Gasteiger partial charge < -0.3 is 5.32 Å². The topological polar surface area (TPSA) is 17.0 Å². The third kappa shape index (κ3) is 2.06. The lowest BCUT2D eigenvalue weighted by Crippen LogP contribution is -2.18. The lowest BCUT2D eigenvalue weighted by Gasteiger charge is -2.08. The van der Waals surface area contributed by atoms with Crippen molar-refractivity contribution in [2.45, 2.75) is 32.0 Å². The van der Waals surface area contributed by atoms with Crippen molar-refractivity contribution in [1.29, 1.82) is 0 Å². The summed E-state index contributed by atoms with van der Waals surface area (Å²) in [6.45, 7) is -1.88. The molecule has 4 heteroatoms. The summed E-state index contributed by atoms with van der Waals surface area (Å²) in [6.07, 6.45) is 3.76. The predicted octanol–water partition coefficient (Wildman–Crippen LogP) is 2.14. The van der Waals surface area contributed by atoms with Gasteiger partial charge in [-0.3, -0.25) is 4.57 Å². The Balaban J connectivity index is 1.96. The highest BCUT2D eigenvalue weighted by Crippen LogP contribution is 2.20. The van der Waals surface area contributed by atoms with E-state index in [9.17, 15) is 8.78 Å². The zero-order valence-electron chi connectivity index (χ0n) is 7.21. The number of aromatic nitrogens is 1. The van der Waals surface area contributed by atoms with Crippen LogP contribution in [0.25, 0.3) is 0 Å². The van der Waals surface area contributed by atoms with Crippen molar-refractivity contribution in [2.75, 3.05) is 0 Å². The minimum atomic E-state index is -2.42. The molecule has 1 N–H and O–H groups in total. The second-order valence-corrected chi connectivity index (χ2v) is 3.34. The van der Waals surface area contributed by atoms with Gasteiger partial charge >= 0.3 is 6.55 Å². The lowest BCUT2D eigenvalue weighted by molar-refractivity contribution is 0.0674. The maximum atomic E-state index is 12.3. The second-order valence-electron chi connectivity index (χ2n) is 3.34. The second kappa shape index (κ2) is 3.46. The Kier molecular flexibility index (Phi) is 2.31. The van der Waals surface area contributed by atoms with Gasteiger partial charge in [-0.25, -0.2) is 0 Å². The smallest absolute Gasteiger partial charge is 0.308 e. The number of halogens is 2. The van der Waals surface area contributed by atoms with Crippen LogP contribution in [-0.4, -0.2) is 10.6 Å². The first kappa shape index (κ1) is 8.69. The van der Waals surface area contributed by atoms with Crippen LogP contribution in [0, 0.1) is 0 Å². The van der Waals surface area contributed by atoms with Crippen LogP contribution >= 0.6 is 0 Å². The fourth-order valence-corrected chi connectivity index (χ4v) is 1.31. The van der Waals surface area contributed by atoms with Crippen LogP contribution in [0.1, 0.15) is 25.1 Å². The van der Waals surface area contributed by atoms with Crippen molar-refractivity contribution in [3.63, 3.8) is 0 Å². The molecule has 1 aromatic rings. The molecule has 1 aromatic heterocycles.